The molecule has 0 amide bonds. The largest absolute Gasteiger partial charge is 0.472 e. The van der Waals surface area contributed by atoms with Crippen LogP contribution in [0.15, 0.2) is 0 Å². The maximum atomic E-state index is 12.4. The fraction of sp³-hybridized carbons (Fsp3) is 0.938. The van der Waals surface area contributed by atoms with E-state index in [0.29, 0.717) is 6.42 Å². The number of phosphoric ester groups is 1. The minimum atomic E-state index is -4.35. The second kappa shape index (κ2) is 30.1. The van der Waals surface area contributed by atoms with Crippen LogP contribution in [0.1, 0.15) is 162 Å². The van der Waals surface area contributed by atoms with Gasteiger partial charge in [0.2, 0.25) is 0 Å². The fourth-order valence-corrected chi connectivity index (χ4v) is 5.46. The summed E-state index contributed by atoms with van der Waals surface area (Å²) in [7, 11) is -4.35. The van der Waals surface area contributed by atoms with E-state index >= 15 is 0 Å². The van der Waals surface area contributed by atoms with Gasteiger partial charge in [0.05, 0.1) is 13.2 Å². The molecule has 250 valence electrons. The Morgan fingerprint density at radius 3 is 1.45 bits per heavy atom. The van der Waals surface area contributed by atoms with E-state index < -0.39 is 32.5 Å². The van der Waals surface area contributed by atoms with E-state index in [1.807, 2.05) is 0 Å². The Bertz CT molecular complexity index is 679. The van der Waals surface area contributed by atoms with Crippen molar-refractivity contribution in [1.29, 1.82) is 0 Å². The predicted molar refractivity (Wildman–Crippen MR) is 169 cm³/mol. The smallest absolute Gasteiger partial charge is 0.462 e. The van der Waals surface area contributed by atoms with Crippen LogP contribution in [0.2, 0.25) is 0 Å². The number of carbonyl (C=O) groups is 2. The molecule has 0 spiro atoms. The van der Waals surface area contributed by atoms with Crippen LogP contribution in [-0.4, -0.2) is 49.3 Å². The monoisotopic (exact) mass is 621 g/mol. The Balaban J connectivity index is 4.11. The summed E-state index contributed by atoms with van der Waals surface area (Å²) in [6.45, 7) is 3.63. The van der Waals surface area contributed by atoms with Crippen molar-refractivity contribution in [3.63, 3.8) is 0 Å². The molecule has 0 radical (unpaired) electrons. The van der Waals surface area contributed by atoms with E-state index in [1.54, 1.807) is 0 Å². The van der Waals surface area contributed by atoms with Crippen molar-refractivity contribution >= 4 is 19.8 Å². The molecule has 0 aliphatic heterocycles. The molecule has 0 saturated heterocycles. The molecule has 2 unspecified atom stereocenters. The lowest BCUT2D eigenvalue weighted by molar-refractivity contribution is -0.161. The van der Waals surface area contributed by atoms with Gasteiger partial charge in [0, 0.05) is 19.4 Å². The van der Waals surface area contributed by atoms with Crippen LogP contribution < -0.4 is 5.73 Å². The highest BCUT2D eigenvalue weighted by Gasteiger charge is 2.25. The van der Waals surface area contributed by atoms with Gasteiger partial charge in [0.1, 0.15) is 6.61 Å². The Hall–Kier alpha value is -0.990. The lowest BCUT2D eigenvalue weighted by Crippen LogP contribution is -2.29. The lowest BCUT2D eigenvalue weighted by Gasteiger charge is -2.19. The van der Waals surface area contributed by atoms with Crippen molar-refractivity contribution in [2.24, 2.45) is 5.73 Å². The first-order valence-corrected chi connectivity index (χ1v) is 18.5. The first-order valence-electron chi connectivity index (χ1n) is 17.0. The maximum absolute atomic E-state index is 12.4. The number of rotatable bonds is 32. The topological polar surface area (TPSA) is 134 Å². The van der Waals surface area contributed by atoms with E-state index in [9.17, 15) is 19.0 Å². The highest BCUT2D eigenvalue weighted by atomic mass is 31.2. The number of ether oxygens (including phenoxy) is 2. The Morgan fingerprint density at radius 1 is 0.619 bits per heavy atom. The molecule has 0 heterocycles. The van der Waals surface area contributed by atoms with Crippen molar-refractivity contribution in [3.05, 3.63) is 0 Å². The molecule has 10 heteroatoms. The molecule has 2 atom stereocenters. The van der Waals surface area contributed by atoms with E-state index in [-0.39, 0.29) is 32.6 Å². The van der Waals surface area contributed by atoms with Gasteiger partial charge in [-0.05, 0) is 12.8 Å². The second-order valence-corrected chi connectivity index (χ2v) is 12.9. The van der Waals surface area contributed by atoms with Crippen molar-refractivity contribution in [2.75, 3.05) is 26.4 Å². The molecule has 0 aliphatic carbocycles. The summed E-state index contributed by atoms with van der Waals surface area (Å²) < 4.78 is 32.3. The summed E-state index contributed by atoms with van der Waals surface area (Å²) in [5.41, 5.74) is 5.30. The molecule has 0 rings (SSSR count). The predicted octanol–water partition coefficient (Wildman–Crippen LogP) is 8.55. The van der Waals surface area contributed by atoms with E-state index in [1.165, 1.54) is 83.5 Å². The van der Waals surface area contributed by atoms with Crippen molar-refractivity contribution < 1.29 is 37.6 Å². The van der Waals surface area contributed by atoms with Gasteiger partial charge in [0.25, 0.3) is 0 Å². The first kappa shape index (κ1) is 41.0. The number of hydrogen-bond donors (Lipinski definition) is 2. The van der Waals surface area contributed by atoms with Gasteiger partial charge in [-0.3, -0.25) is 18.6 Å². The third-order valence-corrected chi connectivity index (χ3v) is 8.23. The van der Waals surface area contributed by atoms with Gasteiger partial charge in [-0.2, -0.15) is 0 Å². The van der Waals surface area contributed by atoms with Gasteiger partial charge in [-0.1, -0.05) is 136 Å². The zero-order chi connectivity index (χ0) is 31.2. The fourth-order valence-electron chi connectivity index (χ4n) is 4.69. The van der Waals surface area contributed by atoms with Crippen LogP contribution in [-0.2, 0) is 32.7 Å². The van der Waals surface area contributed by atoms with Gasteiger partial charge in [0.15, 0.2) is 6.10 Å². The van der Waals surface area contributed by atoms with Crippen LogP contribution >= 0.6 is 7.82 Å². The number of nitrogens with two attached hydrogens (primary N) is 1. The van der Waals surface area contributed by atoms with E-state index in [0.717, 1.165) is 44.9 Å². The molecule has 0 aromatic rings. The zero-order valence-corrected chi connectivity index (χ0v) is 27.9. The number of hydrogen-bond acceptors (Lipinski definition) is 8. The molecule has 0 saturated carbocycles. The minimum absolute atomic E-state index is 0.0570. The van der Waals surface area contributed by atoms with Crippen molar-refractivity contribution in [1.82, 2.24) is 0 Å². The molecule has 42 heavy (non-hydrogen) atoms. The molecule has 0 aliphatic rings. The highest BCUT2D eigenvalue weighted by Crippen LogP contribution is 2.43. The Kier molecular flexibility index (Phi) is 29.3. The van der Waals surface area contributed by atoms with Gasteiger partial charge < -0.3 is 20.1 Å². The number of esters is 2. The van der Waals surface area contributed by atoms with E-state index in [2.05, 4.69) is 13.8 Å². The van der Waals surface area contributed by atoms with Gasteiger partial charge >= 0.3 is 19.8 Å². The molecule has 9 nitrogen and oxygen atoms in total. The minimum Gasteiger partial charge on any atom is -0.462 e. The third kappa shape index (κ3) is 29.1. The second-order valence-electron chi connectivity index (χ2n) is 11.4. The summed E-state index contributed by atoms with van der Waals surface area (Å²) in [5.74, 6) is -0.836. The summed E-state index contributed by atoms with van der Waals surface area (Å²) in [5, 5.41) is 0. The maximum Gasteiger partial charge on any atom is 0.472 e. The summed E-state index contributed by atoms with van der Waals surface area (Å²) >= 11 is 0. The van der Waals surface area contributed by atoms with Crippen LogP contribution in [0, 0.1) is 0 Å². The Labute approximate surface area is 257 Å². The quantitative estimate of drug-likeness (QED) is 0.0430. The molecule has 3 N–H and O–H groups in total. The zero-order valence-electron chi connectivity index (χ0n) is 27.0. The molecule has 0 fully saturated rings. The molecule has 0 aromatic carbocycles. The van der Waals surface area contributed by atoms with Crippen LogP contribution in [0.4, 0.5) is 0 Å². The summed E-state index contributed by atoms with van der Waals surface area (Å²) in [6.07, 6.45) is 24.6. The van der Waals surface area contributed by atoms with Crippen molar-refractivity contribution in [2.45, 2.75) is 168 Å². The normalized spacial score (nSPS) is 13.5. The van der Waals surface area contributed by atoms with Crippen LogP contribution in [0.25, 0.3) is 0 Å². The number of unbranched alkanes of at least 4 members (excludes halogenated alkanes) is 19. The van der Waals surface area contributed by atoms with Gasteiger partial charge in [-0.15, -0.1) is 0 Å². The Morgan fingerprint density at radius 2 is 1.02 bits per heavy atom. The summed E-state index contributed by atoms with van der Waals surface area (Å²) in [6, 6.07) is 0. The SMILES string of the molecule is CCCCCCCCCCCCCCCCCCC(=O)OC(COC(=O)CCCCCCC)COP(=O)(O)OCCN. The third-order valence-electron chi connectivity index (χ3n) is 7.24. The first-order chi connectivity index (χ1) is 20.3. The summed E-state index contributed by atoms with van der Waals surface area (Å²) in [4.78, 5) is 34.3. The molecule has 0 bridgehead atoms. The van der Waals surface area contributed by atoms with Crippen LogP contribution in [0.3, 0.4) is 0 Å². The van der Waals surface area contributed by atoms with E-state index in [4.69, 9.17) is 24.3 Å². The average Bonchev–Trinajstić information content (AvgIpc) is 2.97. The van der Waals surface area contributed by atoms with Crippen LogP contribution in [0.5, 0.6) is 0 Å². The lowest BCUT2D eigenvalue weighted by atomic mass is 10.0. The number of phosphoric acid groups is 1. The van der Waals surface area contributed by atoms with Crippen molar-refractivity contribution in [3.8, 4) is 0 Å². The molecular formula is C32H64NO8P. The number of carbonyl (C=O) groups excluding carboxylic acids is 2. The average molecular weight is 622 g/mol. The van der Waals surface area contributed by atoms with Gasteiger partial charge in [-0.25, -0.2) is 4.57 Å². The molecule has 0 aromatic heterocycles. The molecular weight excluding hydrogens is 557 g/mol. The highest BCUT2D eigenvalue weighted by molar-refractivity contribution is 7.47. The standard InChI is InChI=1S/C32H64NO8P/c1-3-5-7-9-10-11-12-13-14-15-16-17-18-19-21-23-25-32(35)41-30(29-40-42(36,37)39-27-26-33)28-38-31(34)24-22-20-8-6-4-2/h30H,3-29,33H2,1-2H3,(H,36,37).